The number of hydrogen-bond donors (Lipinski definition) is 3. The molecule has 3 rings (SSSR count). The third-order valence-electron chi connectivity index (χ3n) is 3.79. The smallest absolute Gasteiger partial charge is 0.337 e. The first-order valence-corrected chi connectivity index (χ1v) is 9.82. The van der Waals surface area contributed by atoms with Crippen LogP contribution in [-0.4, -0.2) is 29.7 Å². The molecule has 148 valence electrons. The Kier molecular flexibility index (Phi) is 6.89. The molecule has 0 unspecified atom stereocenters. The van der Waals surface area contributed by atoms with Gasteiger partial charge in [0.25, 0.3) is 5.91 Å². The molecule has 0 aliphatic rings. The van der Waals surface area contributed by atoms with E-state index in [4.69, 9.17) is 21.1 Å². The van der Waals surface area contributed by atoms with Crippen LogP contribution in [0.4, 0.5) is 5.69 Å². The number of carboxylic acids is 1. The molecule has 3 aromatic rings. The van der Waals surface area contributed by atoms with Gasteiger partial charge in [-0.25, -0.2) is 10.2 Å². The maximum absolute atomic E-state index is 11.8. The number of anilines is 1. The van der Waals surface area contributed by atoms with Gasteiger partial charge >= 0.3 is 5.97 Å². The van der Waals surface area contributed by atoms with E-state index >= 15 is 0 Å². The number of furan rings is 1. The van der Waals surface area contributed by atoms with Crippen LogP contribution in [0, 0.1) is 3.57 Å². The topological polar surface area (TPSA) is 104 Å². The van der Waals surface area contributed by atoms with Crippen molar-refractivity contribution in [3.63, 3.8) is 0 Å². The molecule has 0 atom stereocenters. The van der Waals surface area contributed by atoms with Crippen LogP contribution in [-0.2, 0) is 4.79 Å². The summed E-state index contributed by atoms with van der Waals surface area (Å²) in [5.74, 6) is -0.481. The highest BCUT2D eigenvalue weighted by Crippen LogP contribution is 2.27. The molecule has 1 heterocycles. The lowest BCUT2D eigenvalue weighted by Gasteiger charge is -2.04. The first kappa shape index (κ1) is 20.9. The summed E-state index contributed by atoms with van der Waals surface area (Å²) in [6, 6.07) is 15.6. The van der Waals surface area contributed by atoms with Gasteiger partial charge in [0.15, 0.2) is 0 Å². The van der Waals surface area contributed by atoms with Crippen LogP contribution in [0.25, 0.3) is 11.3 Å². The summed E-state index contributed by atoms with van der Waals surface area (Å²) in [6.07, 6.45) is 1.37. The summed E-state index contributed by atoms with van der Waals surface area (Å²) in [5.41, 5.74) is 3.90. The van der Waals surface area contributed by atoms with Crippen molar-refractivity contribution in [3.8, 4) is 11.3 Å². The lowest BCUT2D eigenvalue weighted by atomic mass is 10.1. The van der Waals surface area contributed by atoms with Gasteiger partial charge in [0.1, 0.15) is 11.5 Å². The highest BCUT2D eigenvalue weighted by molar-refractivity contribution is 14.1. The van der Waals surface area contributed by atoms with Gasteiger partial charge in [-0.05, 0) is 71.1 Å². The van der Waals surface area contributed by atoms with Crippen molar-refractivity contribution in [3.05, 3.63) is 74.5 Å². The second kappa shape index (κ2) is 9.57. The van der Waals surface area contributed by atoms with E-state index in [9.17, 15) is 9.59 Å². The number of hydrogen-bond acceptors (Lipinski definition) is 5. The molecule has 3 N–H and O–H groups in total. The van der Waals surface area contributed by atoms with Gasteiger partial charge in [-0.15, -0.1) is 0 Å². The number of amides is 1. The van der Waals surface area contributed by atoms with Gasteiger partial charge in [-0.3, -0.25) is 4.79 Å². The summed E-state index contributed by atoms with van der Waals surface area (Å²) in [6.45, 7) is 0.0791. The molecule has 1 aromatic heterocycles. The Balaban J connectivity index is 1.55. The van der Waals surface area contributed by atoms with Gasteiger partial charge in [-0.2, -0.15) is 5.10 Å². The van der Waals surface area contributed by atoms with Crippen LogP contribution in [0.5, 0.6) is 0 Å². The largest absolute Gasteiger partial charge is 0.478 e. The predicted octanol–water partition coefficient (Wildman–Crippen LogP) is 4.47. The van der Waals surface area contributed by atoms with Crippen molar-refractivity contribution in [2.75, 3.05) is 11.9 Å². The molecular weight excluding hydrogens is 509 g/mol. The molecule has 9 heteroatoms. The molecule has 0 radical (unpaired) electrons. The van der Waals surface area contributed by atoms with Crippen molar-refractivity contribution in [1.29, 1.82) is 0 Å². The number of nitrogens with one attached hydrogen (secondary N) is 2. The van der Waals surface area contributed by atoms with E-state index < -0.39 is 5.97 Å². The molecule has 0 aliphatic carbocycles. The molecule has 0 bridgehead atoms. The number of rotatable bonds is 7. The van der Waals surface area contributed by atoms with E-state index in [1.54, 1.807) is 18.2 Å². The summed E-state index contributed by atoms with van der Waals surface area (Å²) < 4.78 is 6.74. The van der Waals surface area contributed by atoms with Crippen molar-refractivity contribution in [2.24, 2.45) is 5.10 Å². The molecule has 29 heavy (non-hydrogen) atoms. The molecule has 0 fully saturated rings. The molecule has 0 aliphatic heterocycles. The van der Waals surface area contributed by atoms with Crippen LogP contribution >= 0.6 is 34.2 Å². The minimum atomic E-state index is -1.10. The van der Waals surface area contributed by atoms with E-state index in [2.05, 4.69) is 38.4 Å². The minimum Gasteiger partial charge on any atom is -0.478 e. The Morgan fingerprint density at radius 1 is 1.14 bits per heavy atom. The fourth-order valence-electron chi connectivity index (χ4n) is 2.38. The van der Waals surface area contributed by atoms with Crippen molar-refractivity contribution in [1.82, 2.24) is 5.43 Å². The second-order valence-corrected chi connectivity index (χ2v) is 7.51. The molecule has 7 nitrogen and oxygen atoms in total. The van der Waals surface area contributed by atoms with Crippen LogP contribution in [0.1, 0.15) is 16.1 Å². The molecule has 0 spiro atoms. The van der Waals surface area contributed by atoms with E-state index in [0.29, 0.717) is 17.1 Å². The van der Waals surface area contributed by atoms with Gasteiger partial charge in [0.2, 0.25) is 0 Å². The predicted molar refractivity (Wildman–Crippen MR) is 119 cm³/mol. The van der Waals surface area contributed by atoms with Gasteiger partial charge < -0.3 is 14.8 Å². The molecule has 0 saturated carbocycles. The number of halogens is 2. The van der Waals surface area contributed by atoms with E-state index in [1.807, 2.05) is 24.3 Å². The SMILES string of the molecule is O=C(CNc1ccc(I)cc1)N/N=C\c1ccc(-c2ccc(C(=O)O)c(Cl)c2)o1. The van der Waals surface area contributed by atoms with Crippen LogP contribution in [0.2, 0.25) is 5.02 Å². The van der Waals surface area contributed by atoms with Crippen LogP contribution < -0.4 is 10.7 Å². The Bertz CT molecular complexity index is 1060. The minimum absolute atomic E-state index is 0.0188. The van der Waals surface area contributed by atoms with Gasteiger partial charge in [-0.1, -0.05) is 17.7 Å². The maximum atomic E-state index is 11.8. The van der Waals surface area contributed by atoms with Crippen molar-refractivity contribution >= 4 is 58.0 Å². The first-order chi connectivity index (χ1) is 13.9. The summed E-state index contributed by atoms with van der Waals surface area (Å²) in [7, 11) is 0. The zero-order valence-electron chi connectivity index (χ0n) is 14.9. The van der Waals surface area contributed by atoms with Crippen LogP contribution in [0.15, 0.2) is 64.1 Å². The molecule has 0 saturated heterocycles. The van der Waals surface area contributed by atoms with E-state index in [-0.39, 0.29) is 23.0 Å². The fourth-order valence-corrected chi connectivity index (χ4v) is 3.00. The fraction of sp³-hybridized carbons (Fsp3) is 0.0500. The Labute approximate surface area is 184 Å². The number of carbonyl (C=O) groups excluding carboxylic acids is 1. The van der Waals surface area contributed by atoms with Crippen molar-refractivity contribution < 1.29 is 19.1 Å². The van der Waals surface area contributed by atoms with E-state index in [0.717, 1.165) is 9.26 Å². The Morgan fingerprint density at radius 3 is 2.59 bits per heavy atom. The normalized spacial score (nSPS) is 10.8. The zero-order chi connectivity index (χ0) is 20.8. The quantitative estimate of drug-likeness (QED) is 0.241. The second-order valence-electron chi connectivity index (χ2n) is 5.86. The molecule has 1 amide bonds. The third kappa shape index (κ3) is 5.81. The highest BCUT2D eigenvalue weighted by Gasteiger charge is 2.11. The Hall–Kier alpha value is -2.85. The summed E-state index contributed by atoms with van der Waals surface area (Å²) >= 11 is 8.19. The van der Waals surface area contributed by atoms with Crippen LogP contribution in [0.3, 0.4) is 0 Å². The van der Waals surface area contributed by atoms with E-state index in [1.165, 1.54) is 18.3 Å². The lowest BCUT2D eigenvalue weighted by molar-refractivity contribution is -0.119. The average Bonchev–Trinajstić information content (AvgIpc) is 3.16. The number of carboxylic acid groups (broad SMARTS) is 1. The summed E-state index contributed by atoms with van der Waals surface area (Å²) in [4.78, 5) is 22.9. The monoisotopic (exact) mass is 523 g/mol. The van der Waals surface area contributed by atoms with Gasteiger partial charge in [0.05, 0.1) is 23.3 Å². The maximum Gasteiger partial charge on any atom is 0.337 e. The Morgan fingerprint density at radius 2 is 1.90 bits per heavy atom. The number of hydrazone groups is 1. The third-order valence-corrected chi connectivity index (χ3v) is 4.82. The number of aromatic carboxylic acids is 1. The number of nitrogens with zero attached hydrogens (tertiary/aromatic N) is 1. The highest BCUT2D eigenvalue weighted by atomic mass is 127. The number of benzene rings is 2. The van der Waals surface area contributed by atoms with Gasteiger partial charge in [0, 0.05) is 14.8 Å². The first-order valence-electron chi connectivity index (χ1n) is 8.37. The van der Waals surface area contributed by atoms with Crippen molar-refractivity contribution in [2.45, 2.75) is 0 Å². The number of carbonyl (C=O) groups is 2. The molecule has 2 aromatic carbocycles. The average molecular weight is 524 g/mol. The standard InChI is InChI=1S/C20H15ClIN3O4/c21-17-9-12(1-7-16(17)20(27)28)18-8-6-15(29-18)10-24-25-19(26)11-23-14-4-2-13(22)3-5-14/h1-10,23H,11H2,(H,25,26)(H,27,28)/b24-10-. The zero-order valence-corrected chi connectivity index (χ0v) is 17.8. The summed E-state index contributed by atoms with van der Waals surface area (Å²) in [5, 5.41) is 16.0. The molecular formula is C20H15ClIN3O4. The lowest BCUT2D eigenvalue weighted by Crippen LogP contribution is -2.25.